The van der Waals surface area contributed by atoms with Gasteiger partial charge < -0.3 is 14.0 Å². The van der Waals surface area contributed by atoms with Gasteiger partial charge in [-0.2, -0.15) is 0 Å². The van der Waals surface area contributed by atoms with Gasteiger partial charge >= 0.3 is 0 Å². The first kappa shape index (κ1) is 15.9. The number of rotatable bonds is 4. The molecule has 1 saturated carbocycles. The molecule has 0 saturated heterocycles. The minimum Gasteiger partial charge on any atom is -0.503 e. The molecule has 8 heteroatoms. The molecule has 2 heterocycles. The summed E-state index contributed by atoms with van der Waals surface area (Å²) in [6, 6.07) is 11.0. The fourth-order valence-corrected chi connectivity index (χ4v) is 2.61. The summed E-state index contributed by atoms with van der Waals surface area (Å²) in [4.78, 5) is 16.3. The van der Waals surface area contributed by atoms with Crippen molar-refractivity contribution in [2.45, 2.75) is 18.8 Å². The molecule has 1 amide bonds. The Bertz CT molecular complexity index is 995. The molecule has 1 fully saturated rings. The van der Waals surface area contributed by atoms with Crippen LogP contribution in [0.15, 0.2) is 56.9 Å². The van der Waals surface area contributed by atoms with Crippen LogP contribution >= 0.6 is 0 Å². The van der Waals surface area contributed by atoms with Gasteiger partial charge in [0.1, 0.15) is 0 Å². The highest BCUT2D eigenvalue weighted by atomic mass is 16.5. The van der Waals surface area contributed by atoms with Crippen LogP contribution in [0.3, 0.4) is 0 Å². The van der Waals surface area contributed by atoms with Crippen molar-refractivity contribution in [2.75, 3.05) is 0 Å². The number of hydrogen-bond donors (Lipinski definition) is 1. The van der Waals surface area contributed by atoms with E-state index in [0.717, 1.165) is 11.3 Å². The molecule has 8 nitrogen and oxygen atoms in total. The lowest BCUT2D eigenvalue weighted by molar-refractivity contribution is 0.0993. The second kappa shape index (κ2) is 6.40. The lowest BCUT2D eigenvalue weighted by atomic mass is 9.83. The van der Waals surface area contributed by atoms with Crippen LogP contribution in [0.25, 0.3) is 17.1 Å². The largest absolute Gasteiger partial charge is 0.503 e. The number of nitrogens with zero attached hydrogens (tertiary/aromatic N) is 4. The first-order valence-corrected chi connectivity index (χ1v) is 7.94. The van der Waals surface area contributed by atoms with E-state index in [1.54, 1.807) is 6.07 Å². The molecule has 0 aliphatic heterocycles. The average molecular weight is 350 g/mol. The van der Waals surface area contributed by atoms with Crippen molar-refractivity contribution >= 4 is 17.4 Å². The molecular weight excluding hydrogens is 336 g/mol. The zero-order valence-corrected chi connectivity index (χ0v) is 13.6. The number of aliphatic hydroxyl groups excluding tert-OH is 1. The van der Waals surface area contributed by atoms with Crippen LogP contribution in [-0.2, 0) is 0 Å². The van der Waals surface area contributed by atoms with Gasteiger partial charge in [0.25, 0.3) is 11.8 Å². The summed E-state index contributed by atoms with van der Waals surface area (Å²) in [6.45, 7) is 3.33. The molecule has 1 aromatic carbocycles. The standard InChI is InChI=1S/C18H14N4O4/c1-10(23)17-20-21-18(25-17)12-7-13(8-12)19-16(24)14-9-15(26-22-14)11-5-3-2-4-6-11/h2-6,9,12,23H,1,7-8H2. The minimum atomic E-state index is -0.445. The molecule has 1 aliphatic carbocycles. The number of amides is 1. The summed E-state index contributed by atoms with van der Waals surface area (Å²) in [7, 11) is 0. The first-order valence-electron chi connectivity index (χ1n) is 7.94. The monoisotopic (exact) mass is 350 g/mol. The van der Waals surface area contributed by atoms with Gasteiger partial charge in [0.05, 0.1) is 0 Å². The summed E-state index contributed by atoms with van der Waals surface area (Å²) in [5, 5.41) is 20.6. The van der Waals surface area contributed by atoms with Crippen LogP contribution in [0.4, 0.5) is 0 Å². The molecule has 0 spiro atoms. The van der Waals surface area contributed by atoms with Crippen molar-refractivity contribution in [3.63, 3.8) is 0 Å². The molecule has 4 rings (SSSR count). The lowest BCUT2D eigenvalue weighted by Gasteiger charge is -2.23. The molecule has 1 aliphatic rings. The van der Waals surface area contributed by atoms with Crippen LogP contribution in [0.2, 0.25) is 0 Å². The van der Waals surface area contributed by atoms with E-state index in [2.05, 4.69) is 26.9 Å². The number of benzene rings is 1. The quantitative estimate of drug-likeness (QED) is 0.717. The average Bonchev–Trinajstić information content (AvgIpc) is 3.28. The number of carbonyl (C=O) groups excluding carboxylic acids is 1. The van der Waals surface area contributed by atoms with E-state index in [4.69, 9.17) is 8.94 Å². The van der Waals surface area contributed by atoms with Gasteiger partial charge in [-0.25, -0.2) is 4.99 Å². The molecular formula is C18H14N4O4. The van der Waals surface area contributed by atoms with E-state index < -0.39 is 5.91 Å². The first-order chi connectivity index (χ1) is 12.6. The van der Waals surface area contributed by atoms with Crippen molar-refractivity contribution in [1.82, 2.24) is 15.4 Å². The van der Waals surface area contributed by atoms with E-state index in [-0.39, 0.29) is 23.3 Å². The smallest absolute Gasteiger partial charge is 0.299 e. The molecule has 130 valence electrons. The molecule has 0 unspecified atom stereocenters. The maximum Gasteiger partial charge on any atom is 0.299 e. The van der Waals surface area contributed by atoms with Gasteiger partial charge in [-0.3, -0.25) is 4.79 Å². The Balaban J connectivity index is 1.41. The van der Waals surface area contributed by atoms with Crippen LogP contribution in [0.5, 0.6) is 0 Å². The maximum atomic E-state index is 12.2. The Hall–Kier alpha value is -3.55. The highest BCUT2D eigenvalue weighted by Crippen LogP contribution is 2.34. The molecule has 0 radical (unpaired) electrons. The summed E-state index contributed by atoms with van der Waals surface area (Å²) < 4.78 is 10.5. The SMILES string of the molecule is C=C(O)c1nnc(C2CC(=NC(=O)c3cc(-c4ccccc4)on3)C2)o1. The topological polar surface area (TPSA) is 115 Å². The Kier molecular flexibility index (Phi) is 3.92. The van der Waals surface area contributed by atoms with Gasteiger partial charge in [0, 0.05) is 23.3 Å². The summed E-state index contributed by atoms with van der Waals surface area (Å²) in [5.41, 5.74) is 1.73. The minimum absolute atomic E-state index is 0.00231. The Morgan fingerprint density at radius 3 is 2.69 bits per heavy atom. The second-order valence-electron chi connectivity index (χ2n) is 5.92. The van der Waals surface area contributed by atoms with Gasteiger partial charge in [0.15, 0.2) is 17.2 Å². The van der Waals surface area contributed by atoms with E-state index in [1.807, 2.05) is 30.3 Å². The second-order valence-corrected chi connectivity index (χ2v) is 5.92. The fourth-order valence-electron chi connectivity index (χ4n) is 2.61. The van der Waals surface area contributed by atoms with E-state index in [1.165, 1.54) is 0 Å². The maximum absolute atomic E-state index is 12.2. The highest BCUT2D eigenvalue weighted by Gasteiger charge is 2.32. The zero-order valence-electron chi connectivity index (χ0n) is 13.6. The van der Waals surface area contributed by atoms with Crippen LogP contribution < -0.4 is 0 Å². The van der Waals surface area contributed by atoms with Crippen molar-refractivity contribution in [3.05, 3.63) is 60.5 Å². The number of aromatic nitrogens is 3. The van der Waals surface area contributed by atoms with Crippen LogP contribution in [0.1, 0.15) is 41.0 Å². The third kappa shape index (κ3) is 3.04. The number of aliphatic hydroxyl groups is 1. The number of aliphatic imine (C=N–C) groups is 1. The van der Waals surface area contributed by atoms with Gasteiger partial charge in [-0.05, 0) is 12.8 Å². The lowest BCUT2D eigenvalue weighted by Crippen LogP contribution is -2.23. The molecule has 2 aromatic heterocycles. The van der Waals surface area contributed by atoms with Gasteiger partial charge in [-0.15, -0.1) is 10.2 Å². The van der Waals surface area contributed by atoms with Gasteiger partial charge in [-0.1, -0.05) is 42.1 Å². The molecule has 1 N–H and O–H groups in total. The van der Waals surface area contributed by atoms with Crippen molar-refractivity contribution in [1.29, 1.82) is 0 Å². The third-order valence-corrected chi connectivity index (χ3v) is 4.05. The molecule has 26 heavy (non-hydrogen) atoms. The number of hydrogen-bond acceptors (Lipinski definition) is 7. The van der Waals surface area contributed by atoms with Gasteiger partial charge in [0.2, 0.25) is 5.89 Å². The van der Waals surface area contributed by atoms with E-state index in [0.29, 0.717) is 24.5 Å². The highest BCUT2D eigenvalue weighted by molar-refractivity contribution is 6.05. The summed E-state index contributed by atoms with van der Waals surface area (Å²) in [6.07, 6.45) is 1.07. The Labute approximate surface area is 147 Å². The molecule has 3 aromatic rings. The third-order valence-electron chi connectivity index (χ3n) is 4.05. The van der Waals surface area contributed by atoms with E-state index >= 15 is 0 Å². The Morgan fingerprint density at radius 1 is 1.23 bits per heavy atom. The normalized spacial score (nSPS) is 16.2. The van der Waals surface area contributed by atoms with Crippen LogP contribution in [-0.4, -0.2) is 32.1 Å². The van der Waals surface area contributed by atoms with Crippen LogP contribution in [0, 0.1) is 0 Å². The van der Waals surface area contributed by atoms with Crippen molar-refractivity contribution in [3.8, 4) is 11.3 Å². The van der Waals surface area contributed by atoms with Crippen molar-refractivity contribution in [2.24, 2.45) is 4.99 Å². The fraction of sp³-hybridized carbons (Fsp3) is 0.167. The predicted molar refractivity (Wildman–Crippen MR) is 91.6 cm³/mol. The summed E-state index contributed by atoms with van der Waals surface area (Å²) >= 11 is 0. The molecule has 0 bridgehead atoms. The summed E-state index contributed by atoms with van der Waals surface area (Å²) in [5.74, 6) is 0.182. The zero-order chi connectivity index (χ0) is 18.1. The Morgan fingerprint density at radius 2 is 2.00 bits per heavy atom. The number of carbonyl (C=O) groups is 1. The molecule has 0 atom stereocenters. The van der Waals surface area contributed by atoms with Crippen molar-refractivity contribution < 1.29 is 18.8 Å². The van der Waals surface area contributed by atoms with E-state index in [9.17, 15) is 9.90 Å². The predicted octanol–water partition coefficient (Wildman–Crippen LogP) is 3.41.